The van der Waals surface area contributed by atoms with Gasteiger partial charge in [-0.1, -0.05) is 25.1 Å². The van der Waals surface area contributed by atoms with Crippen molar-refractivity contribution in [2.75, 3.05) is 13.6 Å². The highest BCUT2D eigenvalue weighted by atomic mass is 127. The Morgan fingerprint density at radius 3 is 2.70 bits per heavy atom. The van der Waals surface area contributed by atoms with Gasteiger partial charge >= 0.3 is 0 Å². The Kier molecular flexibility index (Phi) is 5.81. The minimum atomic E-state index is -0.171. The first-order valence-corrected chi connectivity index (χ1v) is 8.23. The molecule has 5 heteroatoms. The van der Waals surface area contributed by atoms with Crippen LogP contribution in [0.2, 0.25) is 0 Å². The van der Waals surface area contributed by atoms with Crippen molar-refractivity contribution in [1.29, 1.82) is 0 Å². The van der Waals surface area contributed by atoms with Gasteiger partial charge in [-0.15, -0.1) is 24.0 Å². The lowest BCUT2D eigenvalue weighted by Crippen LogP contribution is -2.45. The maximum atomic E-state index is 6.09. The number of nitrogens with zero attached hydrogens (tertiary/aromatic N) is 1. The van der Waals surface area contributed by atoms with E-state index in [4.69, 9.17) is 4.74 Å². The van der Waals surface area contributed by atoms with Crippen molar-refractivity contribution in [3.63, 3.8) is 0 Å². The van der Waals surface area contributed by atoms with Crippen LogP contribution in [0.25, 0.3) is 0 Å². The number of hydrogen-bond acceptors (Lipinski definition) is 2. The van der Waals surface area contributed by atoms with Crippen LogP contribution in [0, 0.1) is 11.8 Å². The Bertz CT molecular complexity index is 573. The Balaban J connectivity index is 0.00000192. The molecular formula is C18H28IN3O. The molecule has 1 saturated carbocycles. The zero-order valence-electron chi connectivity index (χ0n) is 14.4. The highest BCUT2D eigenvalue weighted by Gasteiger charge is 2.35. The number of aliphatic imine (C=N–C) groups is 1. The Morgan fingerprint density at radius 2 is 2.04 bits per heavy atom. The van der Waals surface area contributed by atoms with Gasteiger partial charge in [0.1, 0.15) is 11.4 Å². The number of halogens is 1. The van der Waals surface area contributed by atoms with Crippen molar-refractivity contribution in [3.05, 3.63) is 29.8 Å². The minimum absolute atomic E-state index is 0. The Labute approximate surface area is 156 Å². The monoisotopic (exact) mass is 429 g/mol. The molecule has 2 N–H and O–H groups in total. The lowest BCUT2D eigenvalue weighted by Gasteiger charge is -2.38. The summed E-state index contributed by atoms with van der Waals surface area (Å²) in [6, 6.07) is 8.50. The molecule has 1 aromatic rings. The van der Waals surface area contributed by atoms with Crippen LogP contribution >= 0.6 is 24.0 Å². The fraction of sp³-hybridized carbons (Fsp3) is 0.611. The van der Waals surface area contributed by atoms with Crippen LogP contribution in [0.4, 0.5) is 0 Å². The van der Waals surface area contributed by atoms with E-state index in [1.807, 2.05) is 19.2 Å². The summed E-state index contributed by atoms with van der Waals surface area (Å²) in [7, 11) is 1.84. The number of fused-ring (bicyclic) bond motifs is 1. The van der Waals surface area contributed by atoms with E-state index in [2.05, 4.69) is 48.5 Å². The molecule has 4 nitrogen and oxygen atoms in total. The predicted octanol–water partition coefficient (Wildman–Crippen LogP) is 3.73. The van der Waals surface area contributed by atoms with Crippen molar-refractivity contribution in [3.8, 4) is 5.75 Å². The van der Waals surface area contributed by atoms with Crippen molar-refractivity contribution in [2.24, 2.45) is 16.8 Å². The van der Waals surface area contributed by atoms with E-state index in [1.54, 1.807) is 0 Å². The number of para-hydroxylation sites is 1. The van der Waals surface area contributed by atoms with Crippen molar-refractivity contribution >= 4 is 29.9 Å². The van der Waals surface area contributed by atoms with Gasteiger partial charge in [0, 0.05) is 25.6 Å². The molecule has 1 aliphatic carbocycles. The van der Waals surface area contributed by atoms with E-state index in [9.17, 15) is 0 Å². The van der Waals surface area contributed by atoms with Crippen LogP contribution in [0.5, 0.6) is 5.75 Å². The summed E-state index contributed by atoms with van der Waals surface area (Å²) in [5, 5.41) is 7.04. The van der Waals surface area contributed by atoms with Crippen LogP contribution in [0.15, 0.2) is 29.3 Å². The lowest BCUT2D eigenvalue weighted by atomic mass is 9.90. The number of ether oxygens (including phenoxy) is 1. The summed E-state index contributed by atoms with van der Waals surface area (Å²) in [5.41, 5.74) is 1.04. The van der Waals surface area contributed by atoms with Gasteiger partial charge in [-0.2, -0.15) is 0 Å². The molecule has 128 valence electrons. The van der Waals surface area contributed by atoms with Gasteiger partial charge in [-0.05, 0) is 38.2 Å². The molecule has 2 aliphatic rings. The van der Waals surface area contributed by atoms with E-state index in [0.717, 1.165) is 36.5 Å². The fourth-order valence-corrected chi connectivity index (χ4v) is 3.20. The molecule has 0 bridgehead atoms. The molecule has 1 aromatic carbocycles. The second-order valence-corrected chi connectivity index (χ2v) is 7.23. The second-order valence-electron chi connectivity index (χ2n) is 7.23. The largest absolute Gasteiger partial charge is 0.487 e. The zero-order valence-corrected chi connectivity index (χ0v) is 16.8. The SMILES string of the molecule is CN=C(NCC1CC1C)NC1CC(C)(C)Oc2ccccc21.I. The third-order valence-electron chi connectivity index (χ3n) is 4.72. The standard InChI is InChI=1S/C18H27N3O.HI/c1-12-9-13(12)11-20-17(19-4)21-15-10-18(2,3)22-16-8-6-5-7-14(15)16;/h5-8,12-13,15H,9-11H2,1-4H3,(H2,19,20,21);1H. The molecular weight excluding hydrogens is 401 g/mol. The summed E-state index contributed by atoms with van der Waals surface area (Å²) in [4.78, 5) is 4.38. The minimum Gasteiger partial charge on any atom is -0.487 e. The van der Waals surface area contributed by atoms with E-state index in [0.29, 0.717) is 0 Å². The first-order valence-electron chi connectivity index (χ1n) is 8.23. The molecule has 23 heavy (non-hydrogen) atoms. The molecule has 0 aromatic heterocycles. The number of hydrogen-bond donors (Lipinski definition) is 2. The average Bonchev–Trinajstić information content (AvgIpc) is 3.17. The van der Waals surface area contributed by atoms with Crippen LogP contribution in [-0.2, 0) is 0 Å². The van der Waals surface area contributed by atoms with Gasteiger partial charge in [0.25, 0.3) is 0 Å². The highest BCUT2D eigenvalue weighted by molar-refractivity contribution is 14.0. The fourth-order valence-electron chi connectivity index (χ4n) is 3.20. The second kappa shape index (κ2) is 7.28. The first-order chi connectivity index (χ1) is 10.5. The van der Waals surface area contributed by atoms with Crippen molar-refractivity contribution < 1.29 is 4.74 Å². The number of benzene rings is 1. The molecule has 3 unspecified atom stereocenters. The van der Waals surface area contributed by atoms with E-state index < -0.39 is 0 Å². The summed E-state index contributed by atoms with van der Waals surface area (Å²) in [6.07, 6.45) is 2.25. The van der Waals surface area contributed by atoms with Crippen LogP contribution in [-0.4, -0.2) is 25.2 Å². The molecule has 1 aliphatic heterocycles. The molecule has 1 fully saturated rings. The number of rotatable bonds is 3. The van der Waals surface area contributed by atoms with E-state index >= 15 is 0 Å². The quantitative estimate of drug-likeness (QED) is 0.437. The summed E-state index contributed by atoms with van der Waals surface area (Å²) in [6.45, 7) is 7.59. The topological polar surface area (TPSA) is 45.7 Å². The molecule has 3 rings (SSSR count). The summed E-state index contributed by atoms with van der Waals surface area (Å²) < 4.78 is 6.09. The summed E-state index contributed by atoms with van der Waals surface area (Å²) >= 11 is 0. The number of nitrogens with one attached hydrogen (secondary N) is 2. The van der Waals surface area contributed by atoms with Gasteiger partial charge in [-0.25, -0.2) is 0 Å². The van der Waals surface area contributed by atoms with Gasteiger partial charge in [0.05, 0.1) is 6.04 Å². The van der Waals surface area contributed by atoms with Crippen LogP contribution in [0.3, 0.4) is 0 Å². The van der Waals surface area contributed by atoms with Gasteiger partial charge in [0.15, 0.2) is 5.96 Å². The third-order valence-corrected chi connectivity index (χ3v) is 4.72. The smallest absolute Gasteiger partial charge is 0.191 e. The third kappa shape index (κ3) is 4.52. The number of guanidine groups is 1. The Morgan fingerprint density at radius 1 is 1.35 bits per heavy atom. The van der Waals surface area contributed by atoms with Gasteiger partial charge in [-0.3, -0.25) is 4.99 Å². The molecule has 0 amide bonds. The highest BCUT2D eigenvalue weighted by Crippen LogP contribution is 2.39. The lowest BCUT2D eigenvalue weighted by molar-refractivity contribution is 0.0694. The summed E-state index contributed by atoms with van der Waals surface area (Å²) in [5.74, 6) is 3.52. The maximum absolute atomic E-state index is 6.09. The average molecular weight is 429 g/mol. The molecule has 1 heterocycles. The first kappa shape index (κ1) is 18.4. The van der Waals surface area contributed by atoms with Crippen LogP contribution < -0.4 is 15.4 Å². The predicted molar refractivity (Wildman–Crippen MR) is 106 cm³/mol. The molecule has 0 radical (unpaired) electrons. The van der Waals surface area contributed by atoms with E-state index in [-0.39, 0.29) is 35.6 Å². The van der Waals surface area contributed by atoms with Gasteiger partial charge in [0.2, 0.25) is 0 Å². The normalized spacial score (nSPS) is 28.0. The molecule has 3 atom stereocenters. The van der Waals surface area contributed by atoms with E-state index in [1.165, 1.54) is 12.0 Å². The van der Waals surface area contributed by atoms with Crippen molar-refractivity contribution in [1.82, 2.24) is 10.6 Å². The maximum Gasteiger partial charge on any atom is 0.191 e. The Hall–Kier alpha value is -0.980. The zero-order chi connectivity index (χ0) is 15.7. The van der Waals surface area contributed by atoms with Crippen molar-refractivity contribution in [2.45, 2.75) is 45.3 Å². The molecule has 0 saturated heterocycles. The van der Waals surface area contributed by atoms with Crippen LogP contribution in [0.1, 0.15) is 45.2 Å². The molecule has 0 spiro atoms. The van der Waals surface area contributed by atoms with Gasteiger partial charge < -0.3 is 15.4 Å².